The van der Waals surface area contributed by atoms with Gasteiger partial charge in [0.2, 0.25) is 0 Å². The fraction of sp³-hybridized carbons (Fsp3) is 0.889. The average Bonchev–Trinajstić information content (AvgIpc) is 2.35. The zero-order valence-electron chi connectivity index (χ0n) is 8.38. The molecule has 1 saturated heterocycles. The van der Waals surface area contributed by atoms with Crippen molar-refractivity contribution in [2.45, 2.75) is 19.8 Å². The molecule has 1 rings (SSSR count). The molecular weight excluding hydrogens is 150 g/mol. The van der Waals surface area contributed by atoms with Gasteiger partial charge in [0.05, 0.1) is 0 Å². The van der Waals surface area contributed by atoms with Crippen molar-refractivity contribution in [3.05, 3.63) is 0 Å². The molecule has 1 aliphatic heterocycles. The maximum atomic E-state index is 4.54. The van der Waals surface area contributed by atoms with Crippen molar-refractivity contribution >= 4 is 5.96 Å². The molecule has 1 heterocycles. The molecule has 3 heteroatoms. The molecule has 0 bridgehead atoms. The molecule has 0 aromatic rings. The van der Waals surface area contributed by atoms with Crippen molar-refractivity contribution in [3.63, 3.8) is 0 Å². The predicted molar refractivity (Wildman–Crippen MR) is 52.5 cm³/mol. The minimum absolute atomic E-state index is 0.973. The minimum Gasteiger partial charge on any atom is -0.344 e. The van der Waals surface area contributed by atoms with Crippen molar-refractivity contribution < 1.29 is 0 Å². The molecule has 0 aromatic heterocycles. The van der Waals surface area contributed by atoms with Crippen LogP contribution in [-0.4, -0.2) is 49.5 Å². The summed E-state index contributed by atoms with van der Waals surface area (Å²) in [4.78, 5) is 8.98. The Bertz CT molecular complexity index is 153. The van der Waals surface area contributed by atoms with Crippen LogP contribution < -0.4 is 0 Å². The fourth-order valence-electron chi connectivity index (χ4n) is 1.37. The number of rotatable bonds is 3. The first-order valence-corrected chi connectivity index (χ1v) is 4.72. The van der Waals surface area contributed by atoms with E-state index in [-0.39, 0.29) is 0 Å². The lowest BCUT2D eigenvalue weighted by Crippen LogP contribution is -2.28. The number of hydrogen-bond donors (Lipinski definition) is 0. The Balaban J connectivity index is 2.42. The number of nitrogens with zero attached hydrogens (tertiary/aromatic N) is 3. The van der Waals surface area contributed by atoms with Crippen molar-refractivity contribution in [2.24, 2.45) is 4.99 Å². The molecule has 12 heavy (non-hydrogen) atoms. The molecule has 0 radical (unpaired) electrons. The first kappa shape index (κ1) is 9.36. The Morgan fingerprint density at radius 1 is 1.25 bits per heavy atom. The molecule has 0 unspecified atom stereocenters. The van der Waals surface area contributed by atoms with Gasteiger partial charge >= 0.3 is 0 Å². The van der Waals surface area contributed by atoms with Gasteiger partial charge in [-0.15, -0.1) is 0 Å². The van der Waals surface area contributed by atoms with Gasteiger partial charge in [0.15, 0.2) is 5.96 Å². The lowest BCUT2D eigenvalue weighted by atomic mass is 10.3. The van der Waals surface area contributed by atoms with Gasteiger partial charge in [0, 0.05) is 33.7 Å². The van der Waals surface area contributed by atoms with Crippen LogP contribution in [0.4, 0.5) is 0 Å². The summed E-state index contributed by atoms with van der Waals surface area (Å²) in [5.41, 5.74) is 0. The zero-order valence-corrected chi connectivity index (χ0v) is 8.38. The summed E-state index contributed by atoms with van der Waals surface area (Å²) in [6.07, 6.45) is 2.43. The van der Waals surface area contributed by atoms with Gasteiger partial charge in [-0.3, -0.25) is 4.99 Å². The summed E-state index contributed by atoms with van der Waals surface area (Å²) < 4.78 is 0. The summed E-state index contributed by atoms with van der Waals surface area (Å²) >= 11 is 0. The van der Waals surface area contributed by atoms with Crippen molar-refractivity contribution in [3.8, 4) is 0 Å². The van der Waals surface area contributed by atoms with Crippen LogP contribution in [0.25, 0.3) is 0 Å². The summed E-state index contributed by atoms with van der Waals surface area (Å²) in [6, 6.07) is 0. The Kier molecular flexibility index (Phi) is 3.38. The number of unbranched alkanes of at least 4 members (excludes halogenated alkanes) is 1. The lowest BCUT2D eigenvalue weighted by molar-refractivity contribution is 0.553. The van der Waals surface area contributed by atoms with Gasteiger partial charge in [-0.05, 0) is 6.42 Å². The van der Waals surface area contributed by atoms with Gasteiger partial charge in [-0.25, -0.2) is 0 Å². The second-order valence-electron chi connectivity index (χ2n) is 3.38. The second kappa shape index (κ2) is 4.33. The number of hydrogen-bond acceptors (Lipinski definition) is 1. The van der Waals surface area contributed by atoms with Crippen LogP contribution in [-0.2, 0) is 0 Å². The first-order valence-electron chi connectivity index (χ1n) is 4.72. The van der Waals surface area contributed by atoms with E-state index < -0.39 is 0 Å². The highest BCUT2D eigenvalue weighted by atomic mass is 15.4. The smallest absolute Gasteiger partial charge is 0.196 e. The van der Waals surface area contributed by atoms with Gasteiger partial charge in [-0.2, -0.15) is 0 Å². The molecule has 1 aliphatic rings. The van der Waals surface area contributed by atoms with Crippen molar-refractivity contribution in [1.29, 1.82) is 0 Å². The molecular formula is C9H19N3. The van der Waals surface area contributed by atoms with Crippen LogP contribution in [0, 0.1) is 0 Å². The normalized spacial score (nSPS) is 17.4. The first-order chi connectivity index (χ1) is 5.75. The number of guanidine groups is 1. The second-order valence-corrected chi connectivity index (χ2v) is 3.38. The maximum absolute atomic E-state index is 4.54. The third-order valence-corrected chi connectivity index (χ3v) is 2.22. The summed E-state index contributed by atoms with van der Waals surface area (Å²) in [5, 5.41) is 0. The van der Waals surface area contributed by atoms with E-state index in [4.69, 9.17) is 0 Å². The van der Waals surface area contributed by atoms with Crippen LogP contribution in [0.5, 0.6) is 0 Å². The number of aliphatic imine (C=N–C) groups is 1. The van der Waals surface area contributed by atoms with E-state index in [2.05, 4.69) is 35.8 Å². The standard InChI is InChI=1S/C9H19N3/c1-4-5-6-10-9-11(2)7-8-12(9)3/h4-8H2,1-3H3. The van der Waals surface area contributed by atoms with Crippen LogP contribution >= 0.6 is 0 Å². The minimum atomic E-state index is 0.973. The highest BCUT2D eigenvalue weighted by Gasteiger charge is 2.18. The van der Waals surface area contributed by atoms with E-state index in [1.165, 1.54) is 12.8 Å². The molecule has 1 fully saturated rings. The Morgan fingerprint density at radius 3 is 2.33 bits per heavy atom. The monoisotopic (exact) mass is 169 g/mol. The molecule has 70 valence electrons. The highest BCUT2D eigenvalue weighted by Crippen LogP contribution is 2.03. The predicted octanol–water partition coefficient (Wildman–Crippen LogP) is 1.02. The molecule has 0 spiro atoms. The van der Waals surface area contributed by atoms with Crippen LogP contribution in [0.2, 0.25) is 0 Å². The third kappa shape index (κ3) is 2.13. The van der Waals surface area contributed by atoms with E-state index in [0.717, 1.165) is 25.6 Å². The van der Waals surface area contributed by atoms with Crippen molar-refractivity contribution in [1.82, 2.24) is 9.80 Å². The molecule has 0 amide bonds. The Labute approximate surface area is 75.1 Å². The van der Waals surface area contributed by atoms with Gasteiger partial charge in [-0.1, -0.05) is 13.3 Å². The van der Waals surface area contributed by atoms with Crippen molar-refractivity contribution in [2.75, 3.05) is 33.7 Å². The molecule has 3 nitrogen and oxygen atoms in total. The molecule has 0 N–H and O–H groups in total. The van der Waals surface area contributed by atoms with Gasteiger partial charge in [0.1, 0.15) is 0 Å². The van der Waals surface area contributed by atoms with E-state index >= 15 is 0 Å². The number of likely N-dealkylation sites (N-methyl/N-ethyl adjacent to an activating group) is 2. The summed E-state index contributed by atoms with van der Waals surface area (Å²) in [7, 11) is 4.21. The van der Waals surface area contributed by atoms with Gasteiger partial charge in [0.25, 0.3) is 0 Å². The summed E-state index contributed by atoms with van der Waals surface area (Å²) in [6.45, 7) is 5.39. The van der Waals surface area contributed by atoms with E-state index in [0.29, 0.717) is 0 Å². The summed E-state index contributed by atoms with van der Waals surface area (Å²) in [5.74, 6) is 1.16. The van der Waals surface area contributed by atoms with Crippen LogP contribution in [0.15, 0.2) is 4.99 Å². The molecule has 0 saturated carbocycles. The third-order valence-electron chi connectivity index (χ3n) is 2.22. The van der Waals surface area contributed by atoms with Crippen LogP contribution in [0.1, 0.15) is 19.8 Å². The highest BCUT2D eigenvalue weighted by molar-refractivity contribution is 5.81. The fourth-order valence-corrected chi connectivity index (χ4v) is 1.37. The lowest BCUT2D eigenvalue weighted by Gasteiger charge is -2.15. The quantitative estimate of drug-likeness (QED) is 0.587. The van der Waals surface area contributed by atoms with Gasteiger partial charge < -0.3 is 9.80 Å². The molecule has 0 atom stereocenters. The van der Waals surface area contributed by atoms with E-state index in [1.54, 1.807) is 0 Å². The average molecular weight is 169 g/mol. The van der Waals surface area contributed by atoms with E-state index in [1.807, 2.05) is 0 Å². The maximum Gasteiger partial charge on any atom is 0.196 e. The Morgan fingerprint density at radius 2 is 1.83 bits per heavy atom. The molecule has 0 aliphatic carbocycles. The Hall–Kier alpha value is -0.730. The van der Waals surface area contributed by atoms with Crippen LogP contribution in [0.3, 0.4) is 0 Å². The van der Waals surface area contributed by atoms with E-state index in [9.17, 15) is 0 Å². The SMILES string of the molecule is CCCCN=C1N(C)CCN1C. The largest absolute Gasteiger partial charge is 0.344 e. The topological polar surface area (TPSA) is 18.8 Å². The molecule has 0 aromatic carbocycles. The zero-order chi connectivity index (χ0) is 8.97.